The van der Waals surface area contributed by atoms with Crippen molar-refractivity contribution in [1.82, 2.24) is 0 Å². The summed E-state index contributed by atoms with van der Waals surface area (Å²) in [5.74, 6) is -1.12. The molecule has 1 aromatic carbocycles. The van der Waals surface area contributed by atoms with E-state index in [1.165, 1.54) is 12.2 Å². The highest BCUT2D eigenvalue weighted by atomic mass is 19.1. The summed E-state index contributed by atoms with van der Waals surface area (Å²) in [6.45, 7) is 0. The van der Waals surface area contributed by atoms with E-state index >= 15 is 0 Å². The van der Waals surface area contributed by atoms with Gasteiger partial charge < -0.3 is 0 Å². The molecular formula is C9H5F2NO. The van der Waals surface area contributed by atoms with E-state index in [1.54, 1.807) is 0 Å². The average Bonchev–Trinajstić information content (AvgIpc) is 2.11. The molecule has 0 amide bonds. The number of benzene rings is 1. The second-order valence-corrected chi connectivity index (χ2v) is 2.20. The van der Waals surface area contributed by atoms with Gasteiger partial charge in [-0.25, -0.2) is 13.6 Å². The highest BCUT2D eigenvalue weighted by Crippen LogP contribution is 2.10. The van der Waals surface area contributed by atoms with Crippen LogP contribution < -0.4 is 0 Å². The van der Waals surface area contributed by atoms with Crippen LogP contribution in [0.1, 0.15) is 5.56 Å². The average molecular weight is 181 g/mol. The summed E-state index contributed by atoms with van der Waals surface area (Å²) >= 11 is 0. The van der Waals surface area contributed by atoms with E-state index in [4.69, 9.17) is 0 Å². The standard InChI is InChI=1S/C9H5F2NO/c10-8-1-2-9(11)7(5-8)3-4-12-6-13/h1-5H/b4-3+. The minimum Gasteiger partial charge on any atom is -0.211 e. The highest BCUT2D eigenvalue weighted by Gasteiger charge is 1.98. The first-order chi connectivity index (χ1) is 6.24. The molecule has 1 rings (SSSR count). The maximum Gasteiger partial charge on any atom is 0.239 e. The lowest BCUT2D eigenvalue weighted by molar-refractivity contribution is 0.565. The SMILES string of the molecule is O=C=N/C=C/c1cc(F)ccc1F. The Bertz CT molecular complexity index is 381. The summed E-state index contributed by atoms with van der Waals surface area (Å²) < 4.78 is 25.4. The van der Waals surface area contributed by atoms with Crippen LogP contribution in [-0.2, 0) is 4.79 Å². The lowest BCUT2D eigenvalue weighted by atomic mass is 10.2. The summed E-state index contributed by atoms with van der Waals surface area (Å²) in [4.78, 5) is 12.7. The van der Waals surface area contributed by atoms with E-state index in [0.717, 1.165) is 24.4 Å². The van der Waals surface area contributed by atoms with E-state index in [2.05, 4.69) is 4.99 Å². The molecule has 1 aromatic rings. The van der Waals surface area contributed by atoms with Gasteiger partial charge in [0.05, 0.1) is 0 Å². The van der Waals surface area contributed by atoms with E-state index in [9.17, 15) is 13.6 Å². The van der Waals surface area contributed by atoms with Crippen molar-refractivity contribution in [1.29, 1.82) is 0 Å². The van der Waals surface area contributed by atoms with Gasteiger partial charge in [0.1, 0.15) is 11.6 Å². The van der Waals surface area contributed by atoms with Crippen LogP contribution in [0.2, 0.25) is 0 Å². The molecule has 0 radical (unpaired) electrons. The van der Waals surface area contributed by atoms with Gasteiger partial charge in [0, 0.05) is 11.8 Å². The van der Waals surface area contributed by atoms with Crippen molar-refractivity contribution in [2.75, 3.05) is 0 Å². The highest BCUT2D eigenvalue weighted by molar-refractivity contribution is 5.51. The van der Waals surface area contributed by atoms with Gasteiger partial charge in [-0.05, 0) is 24.3 Å². The van der Waals surface area contributed by atoms with Crippen molar-refractivity contribution >= 4 is 12.2 Å². The molecule has 0 aliphatic carbocycles. The van der Waals surface area contributed by atoms with E-state index in [-0.39, 0.29) is 5.56 Å². The lowest BCUT2D eigenvalue weighted by Gasteiger charge is -1.94. The first-order valence-corrected chi connectivity index (χ1v) is 3.42. The molecule has 0 saturated carbocycles. The van der Waals surface area contributed by atoms with Gasteiger partial charge in [0.2, 0.25) is 6.08 Å². The fraction of sp³-hybridized carbons (Fsp3) is 0. The maximum atomic E-state index is 12.8. The van der Waals surface area contributed by atoms with Crippen molar-refractivity contribution in [3.8, 4) is 0 Å². The van der Waals surface area contributed by atoms with Crippen LogP contribution >= 0.6 is 0 Å². The van der Waals surface area contributed by atoms with Gasteiger partial charge in [-0.3, -0.25) is 0 Å². The quantitative estimate of drug-likeness (QED) is 0.508. The molecule has 0 aliphatic rings. The van der Waals surface area contributed by atoms with Gasteiger partial charge >= 0.3 is 0 Å². The predicted octanol–water partition coefficient (Wildman–Crippen LogP) is 2.27. The number of nitrogens with zero attached hydrogens (tertiary/aromatic N) is 1. The summed E-state index contributed by atoms with van der Waals surface area (Å²) in [6, 6.07) is 3.02. The Balaban J connectivity index is 2.99. The van der Waals surface area contributed by atoms with E-state index in [0.29, 0.717) is 0 Å². The predicted molar refractivity (Wildman–Crippen MR) is 43.5 cm³/mol. The van der Waals surface area contributed by atoms with Crippen LogP contribution in [0.3, 0.4) is 0 Å². The third-order valence-corrected chi connectivity index (χ3v) is 1.34. The van der Waals surface area contributed by atoms with Crippen LogP contribution in [-0.4, -0.2) is 6.08 Å². The minimum atomic E-state index is -0.571. The number of hydrogen-bond donors (Lipinski definition) is 0. The van der Waals surface area contributed by atoms with Crippen LogP contribution in [0.25, 0.3) is 6.08 Å². The summed E-state index contributed by atoms with van der Waals surface area (Å²) in [5.41, 5.74) is 0.0407. The van der Waals surface area contributed by atoms with Gasteiger partial charge in [-0.2, -0.15) is 4.99 Å². The number of halogens is 2. The Morgan fingerprint density at radius 1 is 1.38 bits per heavy atom. The number of hydrogen-bond acceptors (Lipinski definition) is 2. The molecule has 13 heavy (non-hydrogen) atoms. The molecule has 0 bridgehead atoms. The smallest absolute Gasteiger partial charge is 0.211 e. The van der Waals surface area contributed by atoms with E-state index in [1.807, 2.05) is 0 Å². The summed E-state index contributed by atoms with van der Waals surface area (Å²) in [5, 5.41) is 0. The van der Waals surface area contributed by atoms with Crippen molar-refractivity contribution in [3.63, 3.8) is 0 Å². The van der Waals surface area contributed by atoms with Crippen molar-refractivity contribution in [2.24, 2.45) is 4.99 Å². The molecule has 0 spiro atoms. The van der Waals surface area contributed by atoms with Crippen molar-refractivity contribution < 1.29 is 13.6 Å². The van der Waals surface area contributed by atoms with Crippen LogP contribution in [0.4, 0.5) is 8.78 Å². The molecule has 0 atom stereocenters. The zero-order valence-electron chi connectivity index (χ0n) is 6.50. The summed E-state index contributed by atoms with van der Waals surface area (Å²) in [6.07, 6.45) is 3.47. The zero-order valence-corrected chi connectivity index (χ0v) is 6.50. The third-order valence-electron chi connectivity index (χ3n) is 1.34. The number of carbonyl (C=O) groups excluding carboxylic acids is 1. The number of isocyanates is 1. The molecule has 0 aliphatic heterocycles. The normalized spacial score (nSPS) is 10.0. The van der Waals surface area contributed by atoms with Gasteiger partial charge in [-0.1, -0.05) is 0 Å². The third kappa shape index (κ3) is 2.61. The zero-order chi connectivity index (χ0) is 9.68. The maximum absolute atomic E-state index is 12.8. The molecule has 0 heterocycles. The fourth-order valence-corrected chi connectivity index (χ4v) is 0.790. The van der Waals surface area contributed by atoms with Gasteiger partial charge in [0.25, 0.3) is 0 Å². The topological polar surface area (TPSA) is 29.4 Å². The molecule has 0 fully saturated rings. The molecular weight excluding hydrogens is 176 g/mol. The molecule has 0 aromatic heterocycles. The first-order valence-electron chi connectivity index (χ1n) is 3.42. The molecule has 66 valence electrons. The Morgan fingerprint density at radius 3 is 2.85 bits per heavy atom. The van der Waals surface area contributed by atoms with Gasteiger partial charge in [0.15, 0.2) is 0 Å². The molecule has 0 N–H and O–H groups in total. The van der Waals surface area contributed by atoms with Gasteiger partial charge in [-0.15, -0.1) is 0 Å². The Labute approximate surface area is 73.2 Å². The van der Waals surface area contributed by atoms with Crippen LogP contribution in [0.15, 0.2) is 29.4 Å². The van der Waals surface area contributed by atoms with Crippen LogP contribution in [0, 0.1) is 11.6 Å². The number of aliphatic imine (C=N–C) groups is 1. The molecule has 0 unspecified atom stereocenters. The molecule has 0 saturated heterocycles. The first kappa shape index (κ1) is 9.29. The fourth-order valence-electron chi connectivity index (χ4n) is 0.790. The molecule has 2 nitrogen and oxygen atoms in total. The second kappa shape index (κ2) is 4.28. The van der Waals surface area contributed by atoms with Crippen molar-refractivity contribution in [3.05, 3.63) is 41.6 Å². The minimum absolute atomic E-state index is 0.0407. The molecule has 4 heteroatoms. The summed E-state index contributed by atoms with van der Waals surface area (Å²) in [7, 11) is 0. The Morgan fingerprint density at radius 2 is 2.15 bits per heavy atom. The van der Waals surface area contributed by atoms with Crippen molar-refractivity contribution in [2.45, 2.75) is 0 Å². The number of rotatable bonds is 2. The van der Waals surface area contributed by atoms with Crippen LogP contribution in [0.5, 0.6) is 0 Å². The lowest BCUT2D eigenvalue weighted by Crippen LogP contribution is -1.83. The Kier molecular flexibility index (Phi) is 3.06. The van der Waals surface area contributed by atoms with E-state index < -0.39 is 11.6 Å². The second-order valence-electron chi connectivity index (χ2n) is 2.20. The largest absolute Gasteiger partial charge is 0.239 e. The monoisotopic (exact) mass is 181 g/mol. The Hall–Kier alpha value is -1.80.